The predicted molar refractivity (Wildman–Crippen MR) is 66.7 cm³/mol. The maximum absolute atomic E-state index is 4.66. The van der Waals surface area contributed by atoms with Crippen molar-refractivity contribution < 1.29 is 0 Å². The van der Waals surface area contributed by atoms with E-state index in [1.165, 1.54) is 0 Å². The third-order valence-electron chi connectivity index (χ3n) is 2.93. The summed E-state index contributed by atoms with van der Waals surface area (Å²) in [6.07, 6.45) is 1.79. The fraction of sp³-hybridized carbons (Fsp3) is 0. The molecule has 2 heterocycles. The van der Waals surface area contributed by atoms with Crippen LogP contribution in [0.4, 0.5) is 0 Å². The van der Waals surface area contributed by atoms with Crippen LogP contribution >= 0.6 is 0 Å². The number of nitrogens with zero attached hydrogens (tertiary/aromatic N) is 3. The molecule has 4 rings (SSSR count). The largest absolute Gasteiger partial charge is 0.278 e. The second-order valence-corrected chi connectivity index (χ2v) is 3.98. The summed E-state index contributed by atoms with van der Waals surface area (Å²) < 4.78 is 0. The van der Waals surface area contributed by atoms with Crippen LogP contribution in [-0.2, 0) is 0 Å². The molecule has 1 N–H and O–H groups in total. The first kappa shape index (κ1) is 8.64. The van der Waals surface area contributed by atoms with Crippen LogP contribution in [0.1, 0.15) is 0 Å². The molecule has 0 aliphatic carbocycles. The molecule has 0 unspecified atom stereocenters. The number of para-hydroxylation sites is 2. The first-order valence-corrected chi connectivity index (χ1v) is 5.40. The number of rotatable bonds is 0. The Labute approximate surface area is 96.3 Å². The Bertz CT molecular complexity index is 848. The van der Waals surface area contributed by atoms with E-state index in [1.807, 2.05) is 36.4 Å². The van der Waals surface area contributed by atoms with Crippen LogP contribution in [0.3, 0.4) is 0 Å². The van der Waals surface area contributed by atoms with Gasteiger partial charge in [0, 0.05) is 5.39 Å². The zero-order valence-electron chi connectivity index (χ0n) is 8.88. The summed E-state index contributed by atoms with van der Waals surface area (Å²) in [6.45, 7) is 0. The van der Waals surface area contributed by atoms with E-state index in [-0.39, 0.29) is 0 Å². The Morgan fingerprint density at radius 2 is 1.65 bits per heavy atom. The van der Waals surface area contributed by atoms with E-state index >= 15 is 0 Å². The van der Waals surface area contributed by atoms with Crippen LogP contribution in [0.5, 0.6) is 0 Å². The lowest BCUT2D eigenvalue weighted by molar-refractivity contribution is 1.12. The molecule has 2 aromatic carbocycles. The van der Waals surface area contributed by atoms with Crippen molar-refractivity contribution in [2.24, 2.45) is 0 Å². The lowest BCUT2D eigenvalue weighted by Crippen LogP contribution is -1.87. The molecule has 4 nitrogen and oxygen atoms in total. The molecule has 0 saturated carbocycles. The molecule has 80 valence electrons. The number of nitrogens with one attached hydrogen (secondary N) is 1. The summed E-state index contributed by atoms with van der Waals surface area (Å²) in [5.74, 6) is 0. The summed E-state index contributed by atoms with van der Waals surface area (Å²) in [7, 11) is 0. The standard InChI is InChI=1S/C13H8N4/c1-2-4-11-10(3-1)15-12-6-5-9-8(7-14-17-9)13(12)16-11/h1-7H,(H,14,17). The number of hydrogen-bond donors (Lipinski definition) is 1. The zero-order chi connectivity index (χ0) is 11.2. The van der Waals surface area contributed by atoms with E-state index < -0.39 is 0 Å². The second-order valence-electron chi connectivity index (χ2n) is 3.98. The van der Waals surface area contributed by atoms with Gasteiger partial charge in [-0.25, -0.2) is 9.97 Å². The van der Waals surface area contributed by atoms with Gasteiger partial charge >= 0.3 is 0 Å². The Kier molecular flexibility index (Phi) is 1.53. The highest BCUT2D eigenvalue weighted by Gasteiger charge is 2.06. The summed E-state index contributed by atoms with van der Waals surface area (Å²) in [5.41, 5.74) is 4.62. The second kappa shape index (κ2) is 3.01. The van der Waals surface area contributed by atoms with Crippen molar-refractivity contribution in [2.75, 3.05) is 0 Å². The molecule has 0 spiro atoms. The average Bonchev–Trinajstić information content (AvgIpc) is 2.85. The third kappa shape index (κ3) is 1.15. The number of fused-ring (bicyclic) bond motifs is 4. The third-order valence-corrected chi connectivity index (χ3v) is 2.93. The average molecular weight is 220 g/mol. The molecule has 0 atom stereocenters. The van der Waals surface area contributed by atoms with Gasteiger partial charge in [-0.05, 0) is 24.3 Å². The molecule has 0 radical (unpaired) electrons. The zero-order valence-corrected chi connectivity index (χ0v) is 8.88. The van der Waals surface area contributed by atoms with Crippen molar-refractivity contribution in [1.82, 2.24) is 20.2 Å². The van der Waals surface area contributed by atoms with E-state index in [0.717, 1.165) is 33.0 Å². The smallest absolute Gasteiger partial charge is 0.100 e. The van der Waals surface area contributed by atoms with Gasteiger partial charge in [0.1, 0.15) is 5.52 Å². The maximum Gasteiger partial charge on any atom is 0.100 e. The first-order valence-electron chi connectivity index (χ1n) is 5.40. The molecule has 0 fully saturated rings. The topological polar surface area (TPSA) is 54.5 Å². The van der Waals surface area contributed by atoms with Gasteiger partial charge in [0.25, 0.3) is 0 Å². The molecule has 0 aliphatic rings. The van der Waals surface area contributed by atoms with Gasteiger partial charge in [0.2, 0.25) is 0 Å². The summed E-state index contributed by atoms with van der Waals surface area (Å²) in [5, 5.41) is 8.00. The number of H-pyrrole nitrogens is 1. The molecular weight excluding hydrogens is 212 g/mol. The van der Waals surface area contributed by atoms with Crippen LogP contribution in [0.25, 0.3) is 33.0 Å². The fourth-order valence-corrected chi connectivity index (χ4v) is 2.10. The number of hydrogen-bond acceptors (Lipinski definition) is 3. The minimum atomic E-state index is 0.898. The molecule has 4 heteroatoms. The summed E-state index contributed by atoms with van der Waals surface area (Å²) in [4.78, 5) is 9.26. The van der Waals surface area contributed by atoms with Crippen molar-refractivity contribution in [2.45, 2.75) is 0 Å². The Balaban J connectivity index is 2.29. The van der Waals surface area contributed by atoms with E-state index in [4.69, 9.17) is 0 Å². The first-order chi connectivity index (χ1) is 8.42. The van der Waals surface area contributed by atoms with Crippen LogP contribution in [0.15, 0.2) is 42.6 Å². The molecule has 4 aromatic rings. The molecule has 0 amide bonds. The van der Waals surface area contributed by atoms with E-state index in [1.54, 1.807) is 6.20 Å². The lowest BCUT2D eigenvalue weighted by Gasteiger charge is -2.01. The lowest BCUT2D eigenvalue weighted by atomic mass is 10.2. The Hall–Kier alpha value is -2.49. The summed E-state index contributed by atoms with van der Waals surface area (Å²) >= 11 is 0. The van der Waals surface area contributed by atoms with Gasteiger partial charge < -0.3 is 0 Å². The maximum atomic E-state index is 4.66. The van der Waals surface area contributed by atoms with E-state index in [9.17, 15) is 0 Å². The van der Waals surface area contributed by atoms with Gasteiger partial charge in [0.05, 0.1) is 28.3 Å². The minimum absolute atomic E-state index is 0.898. The monoisotopic (exact) mass is 220 g/mol. The molecule has 17 heavy (non-hydrogen) atoms. The van der Waals surface area contributed by atoms with Gasteiger partial charge in [-0.2, -0.15) is 5.10 Å². The van der Waals surface area contributed by atoms with Gasteiger partial charge in [-0.1, -0.05) is 12.1 Å². The van der Waals surface area contributed by atoms with Crippen LogP contribution in [-0.4, -0.2) is 20.2 Å². The van der Waals surface area contributed by atoms with Gasteiger partial charge in [-0.15, -0.1) is 0 Å². The highest BCUT2D eigenvalue weighted by molar-refractivity contribution is 6.04. The Morgan fingerprint density at radius 3 is 2.53 bits per heavy atom. The fourth-order valence-electron chi connectivity index (χ4n) is 2.10. The molecule has 0 aliphatic heterocycles. The highest BCUT2D eigenvalue weighted by Crippen LogP contribution is 2.22. The van der Waals surface area contributed by atoms with E-state index in [2.05, 4.69) is 20.2 Å². The molecule has 2 aromatic heterocycles. The minimum Gasteiger partial charge on any atom is -0.278 e. The van der Waals surface area contributed by atoms with E-state index in [0.29, 0.717) is 0 Å². The van der Waals surface area contributed by atoms with Gasteiger partial charge in [0.15, 0.2) is 0 Å². The normalized spacial score (nSPS) is 11.5. The van der Waals surface area contributed by atoms with Gasteiger partial charge in [-0.3, -0.25) is 5.10 Å². The van der Waals surface area contributed by atoms with Crippen LogP contribution in [0, 0.1) is 0 Å². The van der Waals surface area contributed by atoms with Crippen molar-refractivity contribution in [3.8, 4) is 0 Å². The van der Waals surface area contributed by atoms with Crippen LogP contribution in [0.2, 0.25) is 0 Å². The molecule has 0 bridgehead atoms. The quantitative estimate of drug-likeness (QED) is 0.463. The predicted octanol–water partition coefficient (Wildman–Crippen LogP) is 2.66. The van der Waals surface area contributed by atoms with Crippen molar-refractivity contribution in [3.63, 3.8) is 0 Å². The number of aromatic nitrogens is 4. The Morgan fingerprint density at radius 1 is 0.824 bits per heavy atom. The molecular formula is C13H8N4. The van der Waals surface area contributed by atoms with Crippen molar-refractivity contribution in [3.05, 3.63) is 42.6 Å². The van der Waals surface area contributed by atoms with Crippen molar-refractivity contribution >= 4 is 33.0 Å². The number of aromatic amines is 1. The van der Waals surface area contributed by atoms with Crippen molar-refractivity contribution in [1.29, 1.82) is 0 Å². The SMILES string of the molecule is c1ccc2nc3c(ccc4[nH]ncc43)nc2c1. The molecule has 0 saturated heterocycles. The summed E-state index contributed by atoms with van der Waals surface area (Å²) in [6, 6.07) is 11.8. The highest BCUT2D eigenvalue weighted by atomic mass is 15.1. The number of benzene rings is 2. The van der Waals surface area contributed by atoms with Crippen LogP contribution < -0.4 is 0 Å².